The molecule has 0 aromatic heterocycles. The first-order chi connectivity index (χ1) is 7.33. The highest BCUT2D eigenvalue weighted by molar-refractivity contribution is 7.47. The lowest BCUT2D eigenvalue weighted by molar-refractivity contribution is -0.274. The number of primary amides is 1. The number of halogens is 3. The van der Waals surface area contributed by atoms with Crippen LogP contribution in [0, 0.1) is 0 Å². The fraction of sp³-hybridized carbons (Fsp3) is 0.125. The molecule has 8 heteroatoms. The predicted octanol–water partition coefficient (Wildman–Crippen LogP) is 2.05. The number of rotatable bonds is 3. The number of amides is 1. The van der Waals surface area contributed by atoms with Gasteiger partial charge in [0.2, 0.25) is 5.91 Å². The van der Waals surface area contributed by atoms with Crippen LogP contribution in [0.15, 0.2) is 22.6 Å². The SMILES string of the molecule is NC(=O)c1ccc(OC(F)(F)F)c(N=S)c1. The van der Waals surface area contributed by atoms with E-state index in [2.05, 4.69) is 21.5 Å². The summed E-state index contributed by atoms with van der Waals surface area (Å²) in [5, 5.41) is 0. The minimum Gasteiger partial charge on any atom is -0.403 e. The van der Waals surface area contributed by atoms with Crippen LogP contribution in [0.3, 0.4) is 0 Å². The Kier molecular flexibility index (Phi) is 3.43. The highest BCUT2D eigenvalue weighted by atomic mass is 32.1. The van der Waals surface area contributed by atoms with Gasteiger partial charge in [0, 0.05) is 18.0 Å². The Morgan fingerprint density at radius 3 is 2.50 bits per heavy atom. The average Bonchev–Trinajstić information content (AvgIpc) is 2.15. The fourth-order valence-corrected chi connectivity index (χ4v) is 1.10. The number of hydrogen-bond donors (Lipinski definition) is 1. The van der Waals surface area contributed by atoms with Crippen molar-refractivity contribution in [1.82, 2.24) is 0 Å². The molecule has 0 heterocycles. The molecule has 0 spiro atoms. The van der Waals surface area contributed by atoms with Crippen molar-refractivity contribution >= 4 is 24.0 Å². The van der Waals surface area contributed by atoms with E-state index < -0.39 is 18.0 Å². The van der Waals surface area contributed by atoms with Crippen LogP contribution in [-0.4, -0.2) is 12.3 Å². The lowest BCUT2D eigenvalue weighted by Gasteiger charge is -2.10. The summed E-state index contributed by atoms with van der Waals surface area (Å²) in [5.41, 5.74) is 4.66. The van der Waals surface area contributed by atoms with Crippen LogP contribution in [0.5, 0.6) is 5.75 Å². The molecule has 1 amide bonds. The van der Waals surface area contributed by atoms with Gasteiger partial charge in [-0.2, -0.15) is 4.36 Å². The second kappa shape index (κ2) is 4.44. The maximum absolute atomic E-state index is 11.9. The molecule has 0 fully saturated rings. The Hall–Kier alpha value is -1.70. The van der Waals surface area contributed by atoms with Gasteiger partial charge in [0.25, 0.3) is 0 Å². The number of ether oxygens (including phenoxy) is 1. The Labute approximate surface area is 93.4 Å². The summed E-state index contributed by atoms with van der Waals surface area (Å²) in [6.07, 6.45) is -4.84. The second-order valence-electron chi connectivity index (χ2n) is 2.69. The van der Waals surface area contributed by atoms with Crippen molar-refractivity contribution in [2.24, 2.45) is 10.1 Å². The maximum atomic E-state index is 11.9. The third-order valence-electron chi connectivity index (χ3n) is 1.57. The van der Waals surface area contributed by atoms with Crippen LogP contribution in [-0.2, 0) is 12.4 Å². The zero-order valence-electron chi connectivity index (χ0n) is 7.62. The summed E-state index contributed by atoms with van der Waals surface area (Å²) in [7, 11) is 0. The lowest BCUT2D eigenvalue weighted by atomic mass is 10.2. The quantitative estimate of drug-likeness (QED) is 0.892. The van der Waals surface area contributed by atoms with Crippen LogP contribution in [0.25, 0.3) is 0 Å². The van der Waals surface area contributed by atoms with Crippen LogP contribution >= 0.6 is 0 Å². The van der Waals surface area contributed by atoms with Gasteiger partial charge >= 0.3 is 6.36 Å². The van der Waals surface area contributed by atoms with E-state index in [-0.39, 0.29) is 11.3 Å². The molecule has 0 bridgehead atoms. The van der Waals surface area contributed by atoms with E-state index in [1.54, 1.807) is 0 Å². The molecule has 0 atom stereocenters. The van der Waals surface area contributed by atoms with Crippen molar-refractivity contribution in [1.29, 1.82) is 0 Å². The Morgan fingerprint density at radius 1 is 1.44 bits per heavy atom. The number of alkyl halides is 3. The standard InChI is InChI=1S/C8H5F3N2O2S/c9-8(10,11)15-6-2-1-4(7(12)14)3-5(6)13-16/h1-3H,(H2,12,14). The molecule has 1 aromatic carbocycles. The van der Waals surface area contributed by atoms with Gasteiger partial charge in [-0.25, -0.2) is 0 Å². The summed E-state index contributed by atoms with van der Waals surface area (Å²) in [5.74, 6) is -1.37. The molecular formula is C8H5F3N2O2S. The molecule has 0 unspecified atom stereocenters. The zero-order valence-corrected chi connectivity index (χ0v) is 8.43. The van der Waals surface area contributed by atoms with E-state index in [0.717, 1.165) is 18.2 Å². The van der Waals surface area contributed by atoms with E-state index in [1.165, 1.54) is 0 Å². The van der Waals surface area contributed by atoms with Gasteiger partial charge in [0.05, 0.1) is 0 Å². The summed E-state index contributed by atoms with van der Waals surface area (Å²) in [6.45, 7) is 0. The molecule has 16 heavy (non-hydrogen) atoms. The molecular weight excluding hydrogens is 245 g/mol. The van der Waals surface area contributed by atoms with Crippen LogP contribution in [0.4, 0.5) is 18.9 Å². The molecule has 2 N–H and O–H groups in total. The topological polar surface area (TPSA) is 64.7 Å². The molecule has 1 aromatic rings. The Morgan fingerprint density at radius 2 is 2.06 bits per heavy atom. The van der Waals surface area contributed by atoms with Gasteiger partial charge in [0.15, 0.2) is 5.75 Å². The molecule has 0 saturated carbocycles. The fourth-order valence-electron chi connectivity index (χ4n) is 0.953. The number of hydrogen-bond acceptors (Lipinski definition) is 4. The first-order valence-corrected chi connectivity index (χ1v) is 4.23. The molecule has 1 rings (SSSR count). The molecule has 0 saturated heterocycles. The van der Waals surface area contributed by atoms with Gasteiger partial charge in [-0.15, -0.1) is 13.2 Å². The van der Waals surface area contributed by atoms with Crippen molar-refractivity contribution in [3.05, 3.63) is 23.8 Å². The smallest absolute Gasteiger partial charge is 0.403 e. The summed E-state index contributed by atoms with van der Waals surface area (Å²) in [6, 6.07) is 3.04. The maximum Gasteiger partial charge on any atom is 0.573 e. The molecule has 4 nitrogen and oxygen atoms in total. The molecule has 0 aliphatic rings. The third kappa shape index (κ3) is 3.16. The highest BCUT2D eigenvalue weighted by Crippen LogP contribution is 2.32. The second-order valence-corrected chi connectivity index (χ2v) is 2.87. The number of carbonyl (C=O) groups is 1. The monoisotopic (exact) mass is 250 g/mol. The summed E-state index contributed by atoms with van der Waals surface area (Å²) >= 11 is 4.27. The molecule has 0 radical (unpaired) electrons. The first kappa shape index (κ1) is 12.4. The number of nitrogens with two attached hydrogens (primary N) is 1. The van der Waals surface area contributed by atoms with Gasteiger partial charge < -0.3 is 10.5 Å². The highest BCUT2D eigenvalue weighted by Gasteiger charge is 2.32. The predicted molar refractivity (Wildman–Crippen MR) is 51.1 cm³/mol. The van der Waals surface area contributed by atoms with Crippen molar-refractivity contribution < 1.29 is 22.7 Å². The molecule has 0 aliphatic carbocycles. The number of benzene rings is 1. The van der Waals surface area contributed by atoms with Gasteiger partial charge in [0.1, 0.15) is 5.69 Å². The average molecular weight is 250 g/mol. The van der Waals surface area contributed by atoms with E-state index in [0.29, 0.717) is 0 Å². The van der Waals surface area contributed by atoms with Crippen LogP contribution in [0.1, 0.15) is 10.4 Å². The van der Waals surface area contributed by atoms with Crippen molar-refractivity contribution in [2.45, 2.75) is 6.36 Å². The molecule has 86 valence electrons. The summed E-state index contributed by atoms with van der Waals surface area (Å²) < 4.78 is 42.6. The minimum atomic E-state index is -4.84. The lowest BCUT2D eigenvalue weighted by Crippen LogP contribution is -2.17. The number of carbonyl (C=O) groups excluding carboxylic acids is 1. The van der Waals surface area contributed by atoms with E-state index in [9.17, 15) is 18.0 Å². The normalized spacial score (nSPS) is 10.9. The summed E-state index contributed by atoms with van der Waals surface area (Å²) in [4.78, 5) is 10.7. The van der Waals surface area contributed by atoms with Gasteiger partial charge in [-0.1, -0.05) is 0 Å². The zero-order chi connectivity index (χ0) is 12.3. The Bertz CT molecular complexity index is 434. The van der Waals surface area contributed by atoms with Crippen molar-refractivity contribution in [2.75, 3.05) is 0 Å². The Balaban J connectivity index is 3.12. The minimum absolute atomic E-state index is 0.00174. The van der Waals surface area contributed by atoms with Gasteiger partial charge in [-0.05, 0) is 18.2 Å². The molecule has 0 aliphatic heterocycles. The van der Waals surface area contributed by atoms with E-state index in [4.69, 9.17) is 5.73 Å². The van der Waals surface area contributed by atoms with Gasteiger partial charge in [-0.3, -0.25) is 4.79 Å². The van der Waals surface area contributed by atoms with E-state index >= 15 is 0 Å². The van der Waals surface area contributed by atoms with Crippen molar-refractivity contribution in [3.63, 3.8) is 0 Å². The number of nitrogens with zero attached hydrogens (tertiary/aromatic N) is 1. The van der Waals surface area contributed by atoms with Crippen LogP contribution < -0.4 is 10.5 Å². The third-order valence-corrected chi connectivity index (χ3v) is 1.76. The van der Waals surface area contributed by atoms with E-state index in [1.807, 2.05) is 0 Å². The van der Waals surface area contributed by atoms with Crippen molar-refractivity contribution in [3.8, 4) is 5.75 Å². The van der Waals surface area contributed by atoms with Crippen LogP contribution in [0.2, 0.25) is 0 Å². The first-order valence-electron chi connectivity index (χ1n) is 3.86. The largest absolute Gasteiger partial charge is 0.573 e.